The van der Waals surface area contributed by atoms with Crippen molar-refractivity contribution in [3.05, 3.63) is 64.4 Å². The third kappa shape index (κ3) is 3.71. The van der Waals surface area contributed by atoms with Gasteiger partial charge in [-0.05, 0) is 42.3 Å². The number of rotatable bonds is 4. The lowest BCUT2D eigenvalue weighted by molar-refractivity contribution is 0.600. The minimum Gasteiger partial charge on any atom is -0.283 e. The molecule has 0 saturated carbocycles. The molecule has 0 heterocycles. The predicted octanol–water partition coefficient (Wildman–Crippen LogP) is 3.73. The smallest absolute Gasteiger partial charge is 0.236 e. The molecule has 0 spiro atoms. The molecule has 0 bridgehead atoms. The fourth-order valence-electron chi connectivity index (χ4n) is 1.77. The maximum Gasteiger partial charge on any atom is 0.236 e. The Labute approximate surface area is 122 Å². The summed E-state index contributed by atoms with van der Waals surface area (Å²) in [5.41, 5.74) is 1.40. The van der Waals surface area contributed by atoms with Crippen molar-refractivity contribution in [2.24, 2.45) is 0 Å². The highest BCUT2D eigenvalue weighted by molar-refractivity contribution is 7.91. The first-order chi connectivity index (χ1) is 9.37. The lowest BCUT2D eigenvalue weighted by Crippen LogP contribution is -2.16. The molecule has 0 aromatic heterocycles. The molecule has 2 aromatic rings. The van der Waals surface area contributed by atoms with E-state index in [1.165, 1.54) is 18.2 Å². The van der Waals surface area contributed by atoms with E-state index in [4.69, 9.17) is 11.6 Å². The molecular formula is C14H13ClFNO2S. The number of aryl methyl sites for hydroxylation is 1. The van der Waals surface area contributed by atoms with Gasteiger partial charge in [-0.15, -0.1) is 0 Å². The zero-order valence-electron chi connectivity index (χ0n) is 10.7. The molecule has 3 nitrogen and oxygen atoms in total. The van der Waals surface area contributed by atoms with Crippen molar-refractivity contribution in [1.82, 2.24) is 0 Å². The van der Waals surface area contributed by atoms with E-state index in [1.807, 2.05) is 0 Å². The molecule has 106 valence electrons. The lowest BCUT2D eigenvalue weighted by atomic mass is 10.2. The summed E-state index contributed by atoms with van der Waals surface area (Å²) >= 11 is 5.94. The van der Waals surface area contributed by atoms with Crippen molar-refractivity contribution in [2.45, 2.75) is 12.7 Å². The van der Waals surface area contributed by atoms with Gasteiger partial charge in [0.2, 0.25) is 10.0 Å². The molecule has 0 amide bonds. The second-order valence-corrected chi connectivity index (χ2v) is 6.54. The highest BCUT2D eigenvalue weighted by Crippen LogP contribution is 2.21. The van der Waals surface area contributed by atoms with Crippen LogP contribution in [0.15, 0.2) is 42.5 Å². The summed E-state index contributed by atoms with van der Waals surface area (Å²) in [4.78, 5) is 0. The van der Waals surface area contributed by atoms with E-state index in [0.717, 1.165) is 0 Å². The summed E-state index contributed by atoms with van der Waals surface area (Å²) in [5, 5.41) is 0.397. The highest BCUT2D eigenvalue weighted by Gasteiger charge is 2.15. The quantitative estimate of drug-likeness (QED) is 0.935. The fourth-order valence-corrected chi connectivity index (χ4v) is 3.34. The third-order valence-electron chi connectivity index (χ3n) is 2.76. The van der Waals surface area contributed by atoms with Crippen LogP contribution in [0.25, 0.3) is 0 Å². The Morgan fingerprint density at radius 2 is 1.90 bits per heavy atom. The molecule has 0 saturated heterocycles. The molecule has 2 rings (SSSR count). The van der Waals surface area contributed by atoms with Gasteiger partial charge >= 0.3 is 0 Å². The largest absolute Gasteiger partial charge is 0.283 e. The van der Waals surface area contributed by atoms with Crippen LogP contribution in [0.5, 0.6) is 0 Å². The van der Waals surface area contributed by atoms with Crippen LogP contribution in [-0.2, 0) is 15.8 Å². The molecule has 0 unspecified atom stereocenters. The number of nitrogens with one attached hydrogen (secondary N) is 1. The zero-order chi connectivity index (χ0) is 14.8. The summed E-state index contributed by atoms with van der Waals surface area (Å²) in [5.74, 6) is -0.639. The Kier molecular flexibility index (Phi) is 4.30. The van der Waals surface area contributed by atoms with Crippen LogP contribution in [0.4, 0.5) is 10.1 Å². The van der Waals surface area contributed by atoms with Gasteiger partial charge in [-0.25, -0.2) is 12.8 Å². The van der Waals surface area contributed by atoms with Gasteiger partial charge in [0, 0.05) is 5.02 Å². The summed E-state index contributed by atoms with van der Waals surface area (Å²) in [6.07, 6.45) is 0. The summed E-state index contributed by atoms with van der Waals surface area (Å²) in [7, 11) is -3.60. The number of anilines is 1. The van der Waals surface area contributed by atoms with Crippen LogP contribution in [0.1, 0.15) is 11.1 Å². The van der Waals surface area contributed by atoms with Gasteiger partial charge in [-0.3, -0.25) is 4.72 Å². The summed E-state index contributed by atoms with van der Waals surface area (Å²) < 4.78 is 39.6. The van der Waals surface area contributed by atoms with Crippen LogP contribution in [0.3, 0.4) is 0 Å². The average Bonchev–Trinajstić information content (AvgIpc) is 2.35. The van der Waals surface area contributed by atoms with Crippen LogP contribution < -0.4 is 4.72 Å². The van der Waals surface area contributed by atoms with Gasteiger partial charge in [0.05, 0.1) is 11.4 Å². The van der Waals surface area contributed by atoms with Crippen molar-refractivity contribution in [3.8, 4) is 0 Å². The topological polar surface area (TPSA) is 46.2 Å². The van der Waals surface area contributed by atoms with Crippen molar-refractivity contribution in [2.75, 3.05) is 4.72 Å². The van der Waals surface area contributed by atoms with E-state index >= 15 is 0 Å². The molecule has 6 heteroatoms. The second-order valence-electron chi connectivity index (χ2n) is 4.41. The summed E-state index contributed by atoms with van der Waals surface area (Å²) in [6, 6.07) is 10.6. The van der Waals surface area contributed by atoms with Crippen LogP contribution in [0, 0.1) is 12.7 Å². The van der Waals surface area contributed by atoms with E-state index in [-0.39, 0.29) is 5.75 Å². The third-order valence-corrected chi connectivity index (χ3v) is 4.35. The molecule has 0 aliphatic heterocycles. The Balaban J connectivity index is 2.22. The van der Waals surface area contributed by atoms with E-state index in [1.54, 1.807) is 31.2 Å². The maximum atomic E-state index is 13.0. The van der Waals surface area contributed by atoms with Crippen LogP contribution >= 0.6 is 11.6 Å². The molecule has 0 fully saturated rings. The molecule has 0 aliphatic carbocycles. The Morgan fingerprint density at radius 3 is 2.55 bits per heavy atom. The predicted molar refractivity (Wildman–Crippen MR) is 78.8 cm³/mol. The van der Waals surface area contributed by atoms with E-state index in [9.17, 15) is 12.8 Å². The van der Waals surface area contributed by atoms with Gasteiger partial charge in [-0.1, -0.05) is 29.8 Å². The van der Waals surface area contributed by atoms with Crippen LogP contribution in [0.2, 0.25) is 5.02 Å². The molecular weight excluding hydrogens is 301 g/mol. The monoisotopic (exact) mass is 313 g/mol. The maximum absolute atomic E-state index is 13.0. The molecule has 0 aliphatic rings. The SMILES string of the molecule is Cc1cc(F)ccc1NS(=O)(=O)Cc1ccccc1Cl. The highest BCUT2D eigenvalue weighted by atomic mass is 35.5. The van der Waals surface area contributed by atoms with Crippen molar-refractivity contribution in [1.29, 1.82) is 0 Å². The zero-order valence-corrected chi connectivity index (χ0v) is 12.3. The second kappa shape index (κ2) is 5.81. The lowest BCUT2D eigenvalue weighted by Gasteiger charge is -2.11. The van der Waals surface area contributed by atoms with E-state index < -0.39 is 15.8 Å². The first-order valence-electron chi connectivity index (χ1n) is 5.87. The van der Waals surface area contributed by atoms with E-state index in [2.05, 4.69) is 4.72 Å². The Morgan fingerprint density at radius 1 is 1.20 bits per heavy atom. The Hall–Kier alpha value is -1.59. The molecule has 20 heavy (non-hydrogen) atoms. The first-order valence-corrected chi connectivity index (χ1v) is 7.90. The van der Waals surface area contributed by atoms with Crippen LogP contribution in [-0.4, -0.2) is 8.42 Å². The first kappa shape index (κ1) is 14.8. The Bertz CT molecular complexity index is 732. The number of benzene rings is 2. The molecule has 0 radical (unpaired) electrons. The van der Waals surface area contributed by atoms with Gasteiger partial charge in [0.25, 0.3) is 0 Å². The van der Waals surface area contributed by atoms with Crippen molar-refractivity contribution in [3.63, 3.8) is 0 Å². The number of halogens is 2. The van der Waals surface area contributed by atoms with E-state index in [0.29, 0.717) is 21.8 Å². The van der Waals surface area contributed by atoms with Crippen molar-refractivity contribution >= 4 is 27.3 Å². The average molecular weight is 314 g/mol. The number of hydrogen-bond acceptors (Lipinski definition) is 2. The van der Waals surface area contributed by atoms with Gasteiger partial charge in [-0.2, -0.15) is 0 Å². The standard InChI is InChI=1S/C14H13ClFNO2S/c1-10-8-12(16)6-7-14(10)17-20(18,19)9-11-4-2-3-5-13(11)15/h2-8,17H,9H2,1H3. The van der Waals surface area contributed by atoms with Gasteiger partial charge in [0.1, 0.15) is 5.82 Å². The number of sulfonamides is 1. The fraction of sp³-hybridized carbons (Fsp3) is 0.143. The minimum atomic E-state index is -3.60. The van der Waals surface area contributed by atoms with Gasteiger partial charge in [0.15, 0.2) is 0 Å². The normalized spacial score (nSPS) is 11.3. The summed E-state index contributed by atoms with van der Waals surface area (Å²) in [6.45, 7) is 1.64. The van der Waals surface area contributed by atoms with Gasteiger partial charge < -0.3 is 0 Å². The molecule has 2 aromatic carbocycles. The molecule has 0 atom stereocenters. The minimum absolute atomic E-state index is 0.233. The van der Waals surface area contributed by atoms with Crippen molar-refractivity contribution < 1.29 is 12.8 Å². The molecule has 1 N–H and O–H groups in total. The number of hydrogen-bond donors (Lipinski definition) is 1.